The zero-order valence-corrected chi connectivity index (χ0v) is 11.3. The van der Waals surface area contributed by atoms with Crippen LogP contribution in [-0.4, -0.2) is 11.0 Å². The number of phenols is 1. The fraction of sp³-hybridized carbons (Fsp3) is 0. The molecule has 0 aliphatic heterocycles. The van der Waals surface area contributed by atoms with Crippen molar-refractivity contribution in [2.24, 2.45) is 0 Å². The molecule has 20 heavy (non-hydrogen) atoms. The van der Waals surface area contributed by atoms with Gasteiger partial charge in [-0.1, -0.05) is 0 Å². The predicted molar refractivity (Wildman–Crippen MR) is 70.1 cm³/mol. The maximum Gasteiger partial charge on any atom is 0.257 e. The van der Waals surface area contributed by atoms with Gasteiger partial charge in [-0.3, -0.25) is 4.79 Å². The molecule has 1 amide bonds. The third-order valence-corrected chi connectivity index (χ3v) is 3.13. The number of phenolic OH excluding ortho intramolecular Hbond substituents is 1. The first-order valence-corrected chi connectivity index (χ1v) is 6.12. The summed E-state index contributed by atoms with van der Waals surface area (Å²) in [5.74, 6) is -4.58. The van der Waals surface area contributed by atoms with Gasteiger partial charge in [-0.2, -0.15) is 0 Å². The lowest BCUT2D eigenvalue weighted by Gasteiger charge is -2.09. The molecule has 0 unspecified atom stereocenters. The summed E-state index contributed by atoms with van der Waals surface area (Å²) >= 11 is 3.07. The first-order valence-electron chi connectivity index (χ1n) is 5.33. The molecular weight excluding hydrogens is 339 g/mol. The lowest BCUT2D eigenvalue weighted by molar-refractivity contribution is 0.102. The van der Waals surface area contributed by atoms with Crippen LogP contribution in [-0.2, 0) is 0 Å². The van der Waals surface area contributed by atoms with Gasteiger partial charge >= 0.3 is 0 Å². The van der Waals surface area contributed by atoms with E-state index in [2.05, 4.69) is 15.9 Å². The van der Waals surface area contributed by atoms with Gasteiger partial charge in [0.25, 0.3) is 5.91 Å². The quantitative estimate of drug-likeness (QED) is 0.869. The van der Waals surface area contributed by atoms with Crippen molar-refractivity contribution in [3.63, 3.8) is 0 Å². The monoisotopic (exact) mass is 345 g/mol. The van der Waals surface area contributed by atoms with Gasteiger partial charge in [-0.25, -0.2) is 13.2 Å². The lowest BCUT2D eigenvalue weighted by atomic mass is 10.2. The van der Waals surface area contributed by atoms with Crippen LogP contribution in [0.25, 0.3) is 0 Å². The number of benzene rings is 2. The smallest absolute Gasteiger partial charge is 0.257 e. The van der Waals surface area contributed by atoms with Crippen LogP contribution < -0.4 is 5.32 Å². The zero-order chi connectivity index (χ0) is 14.9. The molecule has 0 fully saturated rings. The molecule has 0 aliphatic rings. The number of hydrogen-bond acceptors (Lipinski definition) is 2. The molecule has 0 radical (unpaired) electrons. The lowest BCUT2D eigenvalue weighted by Crippen LogP contribution is -2.15. The Hall–Kier alpha value is -2.02. The summed E-state index contributed by atoms with van der Waals surface area (Å²) in [5, 5.41) is 11.3. The van der Waals surface area contributed by atoms with Crippen molar-refractivity contribution < 1.29 is 23.1 Å². The molecule has 2 rings (SSSR count). The molecule has 0 spiro atoms. The summed E-state index contributed by atoms with van der Waals surface area (Å²) in [6.07, 6.45) is 0. The largest absolute Gasteiger partial charge is 0.508 e. The molecule has 0 atom stereocenters. The zero-order valence-electron chi connectivity index (χ0n) is 9.75. The fourth-order valence-corrected chi connectivity index (χ4v) is 1.96. The number of aromatic hydroxyl groups is 1. The molecule has 0 bridgehead atoms. The molecule has 104 valence electrons. The molecule has 0 heterocycles. The van der Waals surface area contributed by atoms with Crippen LogP contribution in [0.5, 0.6) is 5.75 Å². The van der Waals surface area contributed by atoms with E-state index in [-0.39, 0.29) is 11.3 Å². The molecule has 0 aliphatic carbocycles. The van der Waals surface area contributed by atoms with E-state index in [0.717, 1.165) is 6.07 Å². The van der Waals surface area contributed by atoms with Crippen molar-refractivity contribution in [1.82, 2.24) is 0 Å². The molecule has 2 aromatic carbocycles. The maximum atomic E-state index is 13.4. The van der Waals surface area contributed by atoms with Crippen molar-refractivity contribution in [2.45, 2.75) is 0 Å². The number of halogens is 4. The first-order chi connectivity index (χ1) is 9.38. The average Bonchev–Trinajstić information content (AvgIpc) is 2.36. The Bertz CT molecular complexity index is 668. The SMILES string of the molecule is O=C(Nc1c(F)cc(F)cc1F)c1cc(O)ccc1Br. The minimum Gasteiger partial charge on any atom is -0.508 e. The minimum atomic E-state index is -1.23. The van der Waals surface area contributed by atoms with Crippen molar-refractivity contribution in [1.29, 1.82) is 0 Å². The summed E-state index contributed by atoms with van der Waals surface area (Å²) in [5.41, 5.74) is -0.778. The van der Waals surface area contributed by atoms with Crippen molar-refractivity contribution in [3.8, 4) is 5.75 Å². The van der Waals surface area contributed by atoms with Crippen LogP contribution in [0.2, 0.25) is 0 Å². The van der Waals surface area contributed by atoms with Gasteiger partial charge in [0.2, 0.25) is 0 Å². The highest BCUT2D eigenvalue weighted by atomic mass is 79.9. The highest BCUT2D eigenvalue weighted by molar-refractivity contribution is 9.10. The number of carbonyl (C=O) groups excluding carboxylic acids is 1. The van der Waals surface area contributed by atoms with Crippen LogP contribution in [0, 0.1) is 17.5 Å². The molecule has 0 saturated carbocycles. The number of anilines is 1. The Labute approximate surface area is 120 Å². The van der Waals surface area contributed by atoms with E-state index in [1.165, 1.54) is 12.1 Å². The highest BCUT2D eigenvalue weighted by Gasteiger charge is 2.17. The standard InChI is InChI=1S/C13H7BrF3NO2/c14-9-2-1-7(19)5-8(9)13(20)18-12-10(16)3-6(15)4-11(12)17/h1-5,19H,(H,18,20). The third kappa shape index (κ3) is 2.93. The Morgan fingerprint density at radius 3 is 2.30 bits per heavy atom. The van der Waals surface area contributed by atoms with Crippen LogP contribution in [0.4, 0.5) is 18.9 Å². The Morgan fingerprint density at radius 1 is 1.10 bits per heavy atom. The molecule has 7 heteroatoms. The van der Waals surface area contributed by atoms with Gasteiger partial charge in [0.05, 0.1) is 5.56 Å². The number of carbonyl (C=O) groups is 1. The average molecular weight is 346 g/mol. The van der Waals surface area contributed by atoms with Crippen molar-refractivity contribution in [3.05, 3.63) is 57.8 Å². The summed E-state index contributed by atoms with van der Waals surface area (Å²) in [6, 6.07) is 4.77. The van der Waals surface area contributed by atoms with E-state index in [9.17, 15) is 23.1 Å². The van der Waals surface area contributed by atoms with Gasteiger partial charge in [0.1, 0.15) is 17.3 Å². The summed E-state index contributed by atoms with van der Waals surface area (Å²) in [6.45, 7) is 0. The fourth-order valence-electron chi connectivity index (χ4n) is 1.53. The van der Waals surface area contributed by atoms with Crippen molar-refractivity contribution >= 4 is 27.5 Å². The highest BCUT2D eigenvalue weighted by Crippen LogP contribution is 2.25. The Morgan fingerprint density at radius 2 is 1.70 bits per heavy atom. The molecule has 3 nitrogen and oxygen atoms in total. The summed E-state index contributed by atoms with van der Waals surface area (Å²) in [4.78, 5) is 11.9. The van der Waals surface area contributed by atoms with Crippen LogP contribution >= 0.6 is 15.9 Å². The summed E-state index contributed by atoms with van der Waals surface area (Å²) in [7, 11) is 0. The Balaban J connectivity index is 2.35. The van der Waals surface area contributed by atoms with Gasteiger partial charge in [0.15, 0.2) is 11.6 Å². The van der Waals surface area contributed by atoms with E-state index in [0.29, 0.717) is 16.6 Å². The van der Waals surface area contributed by atoms with Crippen LogP contribution in [0.15, 0.2) is 34.8 Å². The second kappa shape index (κ2) is 5.54. The van der Waals surface area contributed by atoms with Gasteiger partial charge in [-0.15, -0.1) is 0 Å². The number of nitrogens with one attached hydrogen (secondary N) is 1. The topological polar surface area (TPSA) is 49.3 Å². The van der Waals surface area contributed by atoms with E-state index >= 15 is 0 Å². The normalized spacial score (nSPS) is 10.4. The molecule has 0 saturated heterocycles. The van der Waals surface area contributed by atoms with E-state index in [1.54, 1.807) is 0 Å². The predicted octanol–water partition coefficient (Wildman–Crippen LogP) is 3.82. The van der Waals surface area contributed by atoms with Crippen molar-refractivity contribution in [2.75, 3.05) is 5.32 Å². The second-order valence-electron chi connectivity index (χ2n) is 3.86. The Kier molecular flexibility index (Phi) is 3.99. The summed E-state index contributed by atoms with van der Waals surface area (Å²) < 4.78 is 39.9. The number of rotatable bonds is 2. The van der Waals surface area contributed by atoms with E-state index in [1.807, 2.05) is 5.32 Å². The van der Waals surface area contributed by atoms with Gasteiger partial charge < -0.3 is 10.4 Å². The number of amides is 1. The van der Waals surface area contributed by atoms with Crippen LogP contribution in [0.3, 0.4) is 0 Å². The number of hydrogen-bond donors (Lipinski definition) is 2. The van der Waals surface area contributed by atoms with Gasteiger partial charge in [0, 0.05) is 16.6 Å². The third-order valence-electron chi connectivity index (χ3n) is 2.44. The molecule has 2 aromatic rings. The minimum absolute atomic E-state index is 0.0203. The maximum absolute atomic E-state index is 13.4. The molecule has 2 N–H and O–H groups in total. The van der Waals surface area contributed by atoms with E-state index in [4.69, 9.17) is 0 Å². The van der Waals surface area contributed by atoms with Crippen LogP contribution in [0.1, 0.15) is 10.4 Å². The second-order valence-corrected chi connectivity index (χ2v) is 4.72. The van der Waals surface area contributed by atoms with Gasteiger partial charge in [-0.05, 0) is 34.1 Å². The van der Waals surface area contributed by atoms with E-state index < -0.39 is 29.0 Å². The molecular formula is C13H7BrF3NO2. The first kappa shape index (κ1) is 14.4. The molecule has 0 aromatic heterocycles.